The minimum absolute atomic E-state index is 0.0172. The average Bonchev–Trinajstić information content (AvgIpc) is 3.28. The maximum absolute atomic E-state index is 12.6. The first-order valence-electron chi connectivity index (χ1n) is 8.84. The fourth-order valence-corrected chi connectivity index (χ4v) is 3.52. The average molecular weight is 440 g/mol. The number of hydrogen-bond acceptors (Lipinski definition) is 6. The van der Waals surface area contributed by atoms with Crippen LogP contribution in [0.1, 0.15) is 12.5 Å². The summed E-state index contributed by atoms with van der Waals surface area (Å²) >= 11 is 1.17. The molecule has 1 amide bonds. The van der Waals surface area contributed by atoms with Gasteiger partial charge in [-0.15, -0.1) is 15.3 Å². The summed E-state index contributed by atoms with van der Waals surface area (Å²) in [6.45, 7) is 2.48. The van der Waals surface area contributed by atoms with Crippen molar-refractivity contribution >= 4 is 23.4 Å². The van der Waals surface area contributed by atoms with E-state index < -0.39 is 11.7 Å². The number of carbonyl (C=O) groups is 1. The summed E-state index contributed by atoms with van der Waals surface area (Å²) in [5, 5.41) is 15.6. The first kappa shape index (κ1) is 21.7. The molecule has 1 aromatic carbocycles. The predicted octanol–water partition coefficient (Wildman–Crippen LogP) is 3.46. The molecular weight excluding hydrogens is 421 g/mol. The van der Waals surface area contributed by atoms with Crippen LogP contribution in [0.3, 0.4) is 0 Å². The maximum Gasteiger partial charge on any atom is 0.416 e. The number of rotatable bonds is 7. The summed E-state index contributed by atoms with van der Waals surface area (Å²) in [7, 11) is 3.28. The van der Waals surface area contributed by atoms with Gasteiger partial charge in [0.2, 0.25) is 11.8 Å². The van der Waals surface area contributed by atoms with Gasteiger partial charge in [-0.25, -0.2) is 0 Å². The van der Waals surface area contributed by atoms with Crippen LogP contribution in [0.4, 0.5) is 18.9 Å². The Morgan fingerprint density at radius 2 is 1.93 bits per heavy atom. The number of aryl methyl sites for hydroxylation is 1. The molecule has 0 bridgehead atoms. The van der Waals surface area contributed by atoms with Gasteiger partial charge < -0.3 is 14.6 Å². The van der Waals surface area contributed by atoms with Gasteiger partial charge in [0.25, 0.3) is 0 Å². The highest BCUT2D eigenvalue weighted by Gasteiger charge is 2.30. The number of carbonyl (C=O) groups excluding carboxylic acids is 1. The van der Waals surface area contributed by atoms with Crippen molar-refractivity contribution in [2.75, 3.05) is 18.2 Å². The zero-order valence-corrected chi connectivity index (χ0v) is 17.2. The number of aromatic nitrogens is 5. The second-order valence-corrected chi connectivity index (χ2v) is 7.13. The van der Waals surface area contributed by atoms with Crippen LogP contribution in [-0.2, 0) is 24.6 Å². The zero-order valence-electron chi connectivity index (χ0n) is 16.4. The number of amides is 1. The van der Waals surface area contributed by atoms with Gasteiger partial charge in [0.1, 0.15) is 5.56 Å². The van der Waals surface area contributed by atoms with E-state index in [0.29, 0.717) is 29.0 Å². The zero-order chi connectivity index (χ0) is 21.9. The molecule has 0 atom stereocenters. The van der Waals surface area contributed by atoms with Crippen LogP contribution in [0.5, 0.6) is 5.88 Å². The molecule has 0 radical (unpaired) electrons. The van der Waals surface area contributed by atoms with Gasteiger partial charge in [-0.2, -0.15) is 13.2 Å². The number of hydrogen-bond donors (Lipinski definition) is 1. The van der Waals surface area contributed by atoms with Gasteiger partial charge in [0, 0.05) is 25.5 Å². The van der Waals surface area contributed by atoms with Crippen molar-refractivity contribution in [1.29, 1.82) is 0 Å². The van der Waals surface area contributed by atoms with Crippen molar-refractivity contribution in [3.8, 4) is 17.3 Å². The van der Waals surface area contributed by atoms with E-state index in [4.69, 9.17) is 4.74 Å². The van der Waals surface area contributed by atoms with Crippen molar-refractivity contribution in [3.05, 3.63) is 36.0 Å². The Bertz CT molecular complexity index is 1030. The fraction of sp³-hybridized carbons (Fsp3) is 0.333. The summed E-state index contributed by atoms with van der Waals surface area (Å²) < 4.78 is 46.6. The monoisotopic (exact) mass is 440 g/mol. The minimum atomic E-state index is -4.42. The normalized spacial score (nSPS) is 11.5. The molecule has 0 aliphatic carbocycles. The second kappa shape index (κ2) is 8.78. The number of thioether (sulfide) groups is 1. The molecule has 3 aromatic rings. The first-order chi connectivity index (χ1) is 14.2. The van der Waals surface area contributed by atoms with Gasteiger partial charge in [-0.1, -0.05) is 11.8 Å². The molecule has 0 saturated carbocycles. The van der Waals surface area contributed by atoms with Gasteiger partial charge in [0.15, 0.2) is 11.0 Å². The largest absolute Gasteiger partial charge is 0.479 e. The Balaban J connectivity index is 1.67. The first-order valence-corrected chi connectivity index (χ1v) is 9.82. The lowest BCUT2D eigenvalue weighted by Crippen LogP contribution is -2.15. The molecule has 1 N–H and O–H groups in total. The van der Waals surface area contributed by atoms with Crippen LogP contribution < -0.4 is 10.1 Å². The number of benzene rings is 1. The SMILES string of the molecule is CCn1c(SCC(=O)Nc2ccc(C(F)(F)F)cc2)nnc1-c1cn(C)nc1OC. The molecule has 30 heavy (non-hydrogen) atoms. The van der Waals surface area contributed by atoms with E-state index in [1.807, 2.05) is 11.5 Å². The van der Waals surface area contributed by atoms with Crippen molar-refractivity contribution in [1.82, 2.24) is 24.5 Å². The van der Waals surface area contributed by atoms with Gasteiger partial charge >= 0.3 is 6.18 Å². The number of ether oxygens (including phenoxy) is 1. The molecule has 0 saturated heterocycles. The number of alkyl halides is 3. The number of nitrogens with one attached hydrogen (secondary N) is 1. The van der Waals surface area contributed by atoms with Gasteiger partial charge in [0.05, 0.1) is 18.4 Å². The highest BCUT2D eigenvalue weighted by atomic mass is 32.2. The summed E-state index contributed by atoms with van der Waals surface area (Å²) in [5.74, 6) is 0.624. The molecule has 160 valence electrons. The van der Waals surface area contributed by atoms with E-state index in [-0.39, 0.29) is 17.3 Å². The maximum atomic E-state index is 12.6. The molecule has 0 fully saturated rings. The van der Waals surface area contributed by atoms with Crippen LogP contribution in [-0.4, -0.2) is 43.3 Å². The Morgan fingerprint density at radius 1 is 1.23 bits per heavy atom. The molecule has 0 aliphatic heterocycles. The molecular formula is C18H19F3N6O2S. The number of methoxy groups -OCH3 is 1. The lowest BCUT2D eigenvalue weighted by Gasteiger charge is -2.09. The van der Waals surface area contributed by atoms with E-state index in [1.165, 1.54) is 31.0 Å². The lowest BCUT2D eigenvalue weighted by atomic mass is 10.2. The van der Waals surface area contributed by atoms with Crippen molar-refractivity contribution in [2.45, 2.75) is 24.8 Å². The second-order valence-electron chi connectivity index (χ2n) is 6.19. The Kier molecular flexibility index (Phi) is 6.34. The number of nitrogens with zero attached hydrogens (tertiary/aromatic N) is 5. The summed E-state index contributed by atoms with van der Waals surface area (Å²) in [5.41, 5.74) is 0.186. The Labute approximate surface area is 174 Å². The highest BCUT2D eigenvalue weighted by molar-refractivity contribution is 7.99. The van der Waals surface area contributed by atoms with Crippen LogP contribution in [0.25, 0.3) is 11.4 Å². The van der Waals surface area contributed by atoms with Crippen LogP contribution in [0.15, 0.2) is 35.6 Å². The molecule has 12 heteroatoms. The minimum Gasteiger partial charge on any atom is -0.479 e. The van der Waals surface area contributed by atoms with Crippen molar-refractivity contribution in [2.24, 2.45) is 7.05 Å². The Hall–Kier alpha value is -3.02. The molecule has 0 aliphatic rings. The third-order valence-electron chi connectivity index (χ3n) is 4.09. The predicted molar refractivity (Wildman–Crippen MR) is 105 cm³/mol. The van der Waals surface area contributed by atoms with E-state index in [1.54, 1.807) is 17.9 Å². The van der Waals surface area contributed by atoms with Gasteiger partial charge in [-0.05, 0) is 31.2 Å². The summed E-state index contributed by atoms with van der Waals surface area (Å²) in [4.78, 5) is 12.2. The molecule has 0 spiro atoms. The number of halogens is 3. The van der Waals surface area contributed by atoms with Crippen molar-refractivity contribution in [3.63, 3.8) is 0 Å². The van der Waals surface area contributed by atoms with Crippen LogP contribution in [0, 0.1) is 0 Å². The van der Waals surface area contributed by atoms with E-state index in [0.717, 1.165) is 12.1 Å². The smallest absolute Gasteiger partial charge is 0.416 e. The fourth-order valence-electron chi connectivity index (χ4n) is 2.72. The van der Waals surface area contributed by atoms with Crippen LogP contribution >= 0.6 is 11.8 Å². The van der Waals surface area contributed by atoms with Gasteiger partial charge in [-0.3, -0.25) is 9.48 Å². The third kappa shape index (κ3) is 4.75. The van der Waals surface area contributed by atoms with Crippen LogP contribution in [0.2, 0.25) is 0 Å². The lowest BCUT2D eigenvalue weighted by molar-refractivity contribution is -0.137. The molecule has 2 aromatic heterocycles. The van der Waals surface area contributed by atoms with E-state index in [9.17, 15) is 18.0 Å². The molecule has 0 unspecified atom stereocenters. The molecule has 3 rings (SSSR count). The summed E-state index contributed by atoms with van der Waals surface area (Å²) in [6.07, 6.45) is -2.65. The summed E-state index contributed by atoms with van der Waals surface area (Å²) in [6, 6.07) is 4.27. The molecule has 2 heterocycles. The highest BCUT2D eigenvalue weighted by Crippen LogP contribution is 2.31. The van der Waals surface area contributed by atoms with Crippen molar-refractivity contribution < 1.29 is 22.7 Å². The standard InChI is InChI=1S/C18H19F3N6O2S/c1-4-27-15(13-9-26(2)25-16(13)29-3)23-24-17(27)30-10-14(28)22-12-7-5-11(6-8-12)18(19,20)21/h5-9H,4,10H2,1-3H3,(H,22,28). The topological polar surface area (TPSA) is 86.9 Å². The van der Waals surface area contributed by atoms with E-state index >= 15 is 0 Å². The quantitative estimate of drug-likeness (QED) is 0.567. The molecule has 8 nitrogen and oxygen atoms in total. The van der Waals surface area contributed by atoms with E-state index in [2.05, 4.69) is 20.6 Å². The third-order valence-corrected chi connectivity index (χ3v) is 5.06. The Morgan fingerprint density at radius 3 is 2.53 bits per heavy atom. The number of anilines is 1.